The quantitative estimate of drug-likeness (QED) is 0.792. The Morgan fingerprint density at radius 2 is 1.96 bits per heavy atom. The maximum Gasteiger partial charge on any atom is 0.258 e. The number of aliphatic hydroxyl groups excluding tert-OH is 1. The summed E-state index contributed by atoms with van der Waals surface area (Å²) < 4.78 is 6.36. The molecule has 2 bridgehead atoms. The number of hydrogen-bond donors (Lipinski definition) is 2. The van der Waals surface area contributed by atoms with Crippen molar-refractivity contribution < 1.29 is 19.4 Å². The molecule has 1 saturated heterocycles. The van der Waals surface area contributed by atoms with Gasteiger partial charge < -0.3 is 20.1 Å². The van der Waals surface area contributed by atoms with Crippen molar-refractivity contribution in [2.24, 2.45) is 17.8 Å². The van der Waals surface area contributed by atoms with Crippen molar-refractivity contribution in [2.45, 2.75) is 50.4 Å². The lowest BCUT2D eigenvalue weighted by atomic mass is 9.59. The largest absolute Gasteiger partial charge is 0.467 e. The topological polar surface area (TPSA) is 78.9 Å². The molecule has 0 radical (unpaired) electrons. The fraction of sp³-hybridized carbons (Fsp3) is 0.619. The lowest BCUT2D eigenvalue weighted by molar-refractivity contribution is -0.157. The van der Waals surface area contributed by atoms with Crippen LogP contribution in [0.2, 0.25) is 0 Å². The molecule has 3 aliphatic carbocycles. The summed E-state index contributed by atoms with van der Waals surface area (Å²) >= 11 is 0. The van der Waals surface area contributed by atoms with Crippen LogP contribution in [0.3, 0.4) is 0 Å². The van der Waals surface area contributed by atoms with Crippen LogP contribution in [0.15, 0.2) is 24.3 Å². The molecule has 6 heteroatoms. The van der Waals surface area contributed by atoms with Gasteiger partial charge in [-0.05, 0) is 50.2 Å². The molecular weight excluding hydrogens is 344 g/mol. The number of benzene rings is 1. The third-order valence-corrected chi connectivity index (χ3v) is 7.06. The Bertz CT molecular complexity index is 773. The zero-order valence-corrected chi connectivity index (χ0v) is 15.4. The van der Waals surface area contributed by atoms with Gasteiger partial charge in [-0.1, -0.05) is 12.1 Å². The van der Waals surface area contributed by atoms with Crippen LogP contribution in [0.25, 0.3) is 0 Å². The number of para-hydroxylation sites is 1. The molecule has 6 nitrogen and oxygen atoms in total. The Morgan fingerprint density at radius 3 is 2.70 bits per heavy atom. The number of hydrogen-bond acceptors (Lipinski definition) is 4. The second-order valence-electron chi connectivity index (χ2n) is 8.58. The molecule has 6 rings (SSSR count). The van der Waals surface area contributed by atoms with E-state index in [0.717, 1.165) is 19.3 Å². The Morgan fingerprint density at radius 1 is 1.19 bits per heavy atom. The first kappa shape index (κ1) is 17.0. The molecule has 0 aromatic heterocycles. The molecule has 1 spiro atoms. The third-order valence-electron chi connectivity index (χ3n) is 7.06. The van der Waals surface area contributed by atoms with Gasteiger partial charge in [-0.2, -0.15) is 0 Å². The molecule has 4 fully saturated rings. The van der Waals surface area contributed by atoms with Gasteiger partial charge >= 0.3 is 0 Å². The number of nitrogens with zero attached hydrogens (tertiary/aromatic N) is 1. The summed E-state index contributed by atoms with van der Waals surface area (Å²) in [4.78, 5) is 27.7. The maximum absolute atomic E-state index is 13.1. The van der Waals surface area contributed by atoms with Gasteiger partial charge in [0.05, 0.1) is 11.7 Å². The van der Waals surface area contributed by atoms with E-state index in [1.165, 1.54) is 0 Å². The van der Waals surface area contributed by atoms with E-state index in [4.69, 9.17) is 4.74 Å². The van der Waals surface area contributed by atoms with E-state index < -0.39 is 5.72 Å². The lowest BCUT2D eigenvalue weighted by Crippen LogP contribution is -2.67. The van der Waals surface area contributed by atoms with Gasteiger partial charge in [-0.25, -0.2) is 0 Å². The van der Waals surface area contributed by atoms with Crippen LogP contribution in [0.5, 0.6) is 5.75 Å². The summed E-state index contributed by atoms with van der Waals surface area (Å²) in [6.07, 6.45) is 4.54. The number of carbonyl (C=O) groups is 2. The van der Waals surface area contributed by atoms with Crippen molar-refractivity contribution in [1.82, 2.24) is 10.2 Å². The second kappa shape index (κ2) is 6.23. The van der Waals surface area contributed by atoms with Crippen LogP contribution in [-0.4, -0.2) is 46.7 Å². The van der Waals surface area contributed by atoms with Crippen LogP contribution in [0.1, 0.15) is 48.9 Å². The van der Waals surface area contributed by atoms with E-state index in [-0.39, 0.29) is 35.7 Å². The predicted molar refractivity (Wildman–Crippen MR) is 98.0 cm³/mol. The molecule has 27 heavy (non-hydrogen) atoms. The van der Waals surface area contributed by atoms with Crippen molar-refractivity contribution in [1.29, 1.82) is 0 Å². The number of rotatable bonds is 1. The van der Waals surface area contributed by atoms with Gasteiger partial charge in [-0.3, -0.25) is 9.59 Å². The number of amides is 2. The van der Waals surface area contributed by atoms with Gasteiger partial charge in [0.2, 0.25) is 5.91 Å². The normalized spacial score (nSPS) is 35.5. The van der Waals surface area contributed by atoms with Crippen LogP contribution < -0.4 is 10.1 Å². The number of aliphatic hydroxyl groups is 1. The molecule has 1 aromatic carbocycles. The number of ether oxygens (including phenoxy) is 1. The fourth-order valence-electron chi connectivity index (χ4n) is 5.58. The average molecular weight is 370 g/mol. The SMILES string of the molecule is O=C1N[C@]2(C[C@H]3CC[C@H]2C[C@H]3C(=O)N2CCC(O)CC2)Oc2ccccc21. The van der Waals surface area contributed by atoms with Gasteiger partial charge in [0.15, 0.2) is 5.72 Å². The average Bonchev–Trinajstić information content (AvgIpc) is 2.68. The molecule has 1 aromatic rings. The first-order valence-corrected chi connectivity index (χ1v) is 10.1. The molecule has 2 aliphatic heterocycles. The monoisotopic (exact) mass is 370 g/mol. The van der Waals surface area contributed by atoms with Gasteiger partial charge in [0.25, 0.3) is 5.91 Å². The van der Waals surface area contributed by atoms with Crippen LogP contribution in [0, 0.1) is 17.8 Å². The number of likely N-dealkylation sites (tertiary alicyclic amines) is 1. The number of piperidine rings is 1. The Labute approximate surface area is 158 Å². The van der Waals surface area contributed by atoms with Gasteiger partial charge in [0, 0.05) is 31.3 Å². The van der Waals surface area contributed by atoms with Crippen molar-refractivity contribution in [3.8, 4) is 5.75 Å². The minimum atomic E-state index is -0.663. The van der Waals surface area contributed by atoms with E-state index >= 15 is 0 Å². The van der Waals surface area contributed by atoms with E-state index in [0.29, 0.717) is 43.7 Å². The molecule has 0 unspecified atom stereocenters. The summed E-state index contributed by atoms with van der Waals surface area (Å²) in [5.74, 6) is 1.22. The highest BCUT2D eigenvalue weighted by molar-refractivity contribution is 5.98. The third kappa shape index (κ3) is 2.73. The minimum absolute atomic E-state index is 0.0160. The minimum Gasteiger partial charge on any atom is -0.467 e. The zero-order valence-electron chi connectivity index (χ0n) is 15.4. The van der Waals surface area contributed by atoms with Crippen LogP contribution in [0.4, 0.5) is 0 Å². The molecule has 3 saturated carbocycles. The molecule has 5 aliphatic rings. The van der Waals surface area contributed by atoms with Crippen LogP contribution in [-0.2, 0) is 4.79 Å². The lowest BCUT2D eigenvalue weighted by Gasteiger charge is -2.55. The number of fused-ring (bicyclic) bond motifs is 3. The Kier molecular flexibility index (Phi) is 3.93. The number of carbonyl (C=O) groups excluding carboxylic acids is 2. The first-order chi connectivity index (χ1) is 13.1. The summed E-state index contributed by atoms with van der Waals surface area (Å²) in [7, 11) is 0. The van der Waals surface area contributed by atoms with Gasteiger partial charge in [0.1, 0.15) is 5.75 Å². The second-order valence-corrected chi connectivity index (χ2v) is 8.58. The van der Waals surface area contributed by atoms with Crippen molar-refractivity contribution >= 4 is 11.8 Å². The van der Waals surface area contributed by atoms with E-state index in [9.17, 15) is 14.7 Å². The molecule has 2 N–H and O–H groups in total. The van der Waals surface area contributed by atoms with Gasteiger partial charge in [-0.15, -0.1) is 0 Å². The van der Waals surface area contributed by atoms with Crippen molar-refractivity contribution in [3.05, 3.63) is 29.8 Å². The summed E-state index contributed by atoms with van der Waals surface area (Å²) in [5.41, 5.74) is -0.0764. The highest BCUT2D eigenvalue weighted by Crippen LogP contribution is 2.52. The smallest absolute Gasteiger partial charge is 0.258 e. The van der Waals surface area contributed by atoms with Crippen molar-refractivity contribution in [2.75, 3.05) is 13.1 Å². The van der Waals surface area contributed by atoms with E-state index in [1.54, 1.807) is 6.07 Å². The Hall–Kier alpha value is -2.08. The zero-order chi connectivity index (χ0) is 18.6. The van der Waals surface area contributed by atoms with E-state index in [2.05, 4.69) is 5.32 Å². The molecular formula is C21H26N2O4. The molecule has 2 heterocycles. The summed E-state index contributed by atoms with van der Waals surface area (Å²) in [6.45, 7) is 1.30. The van der Waals surface area contributed by atoms with E-state index in [1.807, 2.05) is 23.1 Å². The predicted octanol–water partition coefficient (Wildman–Crippen LogP) is 1.92. The van der Waals surface area contributed by atoms with Crippen LogP contribution >= 0.6 is 0 Å². The van der Waals surface area contributed by atoms with Crippen molar-refractivity contribution in [3.63, 3.8) is 0 Å². The number of nitrogens with one attached hydrogen (secondary N) is 1. The molecule has 4 atom stereocenters. The summed E-state index contributed by atoms with van der Waals surface area (Å²) in [6, 6.07) is 7.38. The summed E-state index contributed by atoms with van der Waals surface area (Å²) in [5, 5.41) is 12.8. The first-order valence-electron chi connectivity index (χ1n) is 10.1. The molecule has 2 amide bonds. The molecule has 144 valence electrons. The highest BCUT2D eigenvalue weighted by atomic mass is 16.5. The highest BCUT2D eigenvalue weighted by Gasteiger charge is 2.57. The maximum atomic E-state index is 13.1. The standard InChI is InChI=1S/C21H26N2O4/c24-15-7-9-23(10-8-15)20(26)17-11-14-6-5-13(17)12-21(14)22-19(25)16-3-1-2-4-18(16)27-21/h1-4,13-15,17,24H,5-12H2,(H,22,25)/t13-,14+,17-,21-/m1/s1. The Balaban J connectivity index is 1.35. The fourth-order valence-corrected chi connectivity index (χ4v) is 5.58.